The van der Waals surface area contributed by atoms with Crippen LogP contribution in [-0.2, 0) is 0 Å². The standard InChI is InChI=1S/C14H20Cl2N2O2/c1-2-3-4-5-6-7-8-17-13-9-11(15)12(16)10-14(13)18(19)20/h9-10,17H,2-8H2,1H3. The monoisotopic (exact) mass is 318 g/mol. The highest BCUT2D eigenvalue weighted by molar-refractivity contribution is 6.42. The van der Waals surface area contributed by atoms with Crippen LogP contribution in [0.15, 0.2) is 12.1 Å². The van der Waals surface area contributed by atoms with Gasteiger partial charge in [0.25, 0.3) is 5.69 Å². The summed E-state index contributed by atoms with van der Waals surface area (Å²) in [4.78, 5) is 10.5. The van der Waals surface area contributed by atoms with E-state index in [1.807, 2.05) is 0 Å². The van der Waals surface area contributed by atoms with Crippen LogP contribution in [0.1, 0.15) is 45.4 Å². The molecule has 0 aliphatic rings. The first kappa shape index (κ1) is 17.1. The van der Waals surface area contributed by atoms with E-state index in [2.05, 4.69) is 12.2 Å². The van der Waals surface area contributed by atoms with Gasteiger partial charge in [-0.3, -0.25) is 10.1 Å². The second kappa shape index (κ2) is 9.03. The fourth-order valence-electron chi connectivity index (χ4n) is 1.96. The quantitative estimate of drug-likeness (QED) is 0.362. The molecular formula is C14H20Cl2N2O2. The van der Waals surface area contributed by atoms with E-state index < -0.39 is 4.92 Å². The van der Waals surface area contributed by atoms with E-state index in [1.165, 1.54) is 37.8 Å². The fourth-order valence-corrected chi connectivity index (χ4v) is 2.28. The molecule has 0 saturated carbocycles. The van der Waals surface area contributed by atoms with Crippen molar-refractivity contribution in [3.63, 3.8) is 0 Å². The van der Waals surface area contributed by atoms with Crippen molar-refractivity contribution in [2.75, 3.05) is 11.9 Å². The molecule has 0 fully saturated rings. The molecule has 4 nitrogen and oxygen atoms in total. The summed E-state index contributed by atoms with van der Waals surface area (Å²) in [5, 5.41) is 14.5. The molecule has 1 aromatic rings. The number of unbranched alkanes of at least 4 members (excludes halogenated alkanes) is 5. The number of hydrogen-bond donors (Lipinski definition) is 1. The minimum Gasteiger partial charge on any atom is -0.379 e. The first-order valence-corrected chi connectivity index (χ1v) is 7.69. The molecular weight excluding hydrogens is 299 g/mol. The fraction of sp³-hybridized carbons (Fsp3) is 0.571. The minimum absolute atomic E-state index is 0.0367. The smallest absolute Gasteiger partial charge is 0.293 e. The SMILES string of the molecule is CCCCCCCCNc1cc(Cl)c(Cl)cc1[N+](=O)[O-]. The van der Waals surface area contributed by atoms with Crippen molar-refractivity contribution in [1.29, 1.82) is 0 Å². The zero-order valence-corrected chi connectivity index (χ0v) is 13.1. The Morgan fingerprint density at radius 3 is 2.35 bits per heavy atom. The van der Waals surface area contributed by atoms with Gasteiger partial charge in [-0.2, -0.15) is 0 Å². The van der Waals surface area contributed by atoms with E-state index in [4.69, 9.17) is 23.2 Å². The summed E-state index contributed by atoms with van der Waals surface area (Å²) in [6, 6.07) is 2.80. The molecule has 20 heavy (non-hydrogen) atoms. The molecule has 112 valence electrons. The Morgan fingerprint density at radius 2 is 1.70 bits per heavy atom. The molecule has 0 aromatic heterocycles. The lowest BCUT2D eigenvalue weighted by molar-refractivity contribution is -0.383. The van der Waals surface area contributed by atoms with E-state index in [0.717, 1.165) is 12.8 Å². The minimum atomic E-state index is -0.453. The summed E-state index contributed by atoms with van der Waals surface area (Å²) in [5.74, 6) is 0. The Hall–Kier alpha value is -1.00. The highest BCUT2D eigenvalue weighted by Gasteiger charge is 2.16. The van der Waals surface area contributed by atoms with Gasteiger partial charge in [-0.15, -0.1) is 0 Å². The molecule has 0 aliphatic heterocycles. The van der Waals surface area contributed by atoms with Crippen LogP contribution in [0.25, 0.3) is 0 Å². The number of hydrogen-bond acceptors (Lipinski definition) is 3. The molecule has 0 unspecified atom stereocenters. The zero-order valence-electron chi connectivity index (χ0n) is 11.6. The summed E-state index contributed by atoms with van der Waals surface area (Å²) in [6.45, 7) is 2.88. The second-order valence-electron chi connectivity index (χ2n) is 4.74. The van der Waals surface area contributed by atoms with Crippen LogP contribution in [0.2, 0.25) is 10.0 Å². The van der Waals surface area contributed by atoms with Gasteiger partial charge in [0.2, 0.25) is 0 Å². The molecule has 0 aliphatic carbocycles. The lowest BCUT2D eigenvalue weighted by Crippen LogP contribution is -2.04. The molecule has 0 bridgehead atoms. The first-order chi connectivity index (χ1) is 9.56. The van der Waals surface area contributed by atoms with Gasteiger partial charge >= 0.3 is 0 Å². The maximum absolute atomic E-state index is 11.0. The van der Waals surface area contributed by atoms with Crippen molar-refractivity contribution in [2.24, 2.45) is 0 Å². The van der Waals surface area contributed by atoms with Crippen molar-refractivity contribution in [1.82, 2.24) is 0 Å². The zero-order chi connectivity index (χ0) is 15.0. The highest BCUT2D eigenvalue weighted by Crippen LogP contribution is 2.33. The van der Waals surface area contributed by atoms with Crippen LogP contribution < -0.4 is 5.32 Å². The maximum atomic E-state index is 11.0. The lowest BCUT2D eigenvalue weighted by Gasteiger charge is -2.08. The molecule has 0 radical (unpaired) electrons. The Kier molecular flexibility index (Phi) is 7.70. The van der Waals surface area contributed by atoms with E-state index in [0.29, 0.717) is 17.3 Å². The number of nitrogens with one attached hydrogen (secondary N) is 1. The number of nitro benzene ring substituents is 1. The summed E-state index contributed by atoms with van der Waals surface area (Å²) in [6.07, 6.45) is 7.07. The van der Waals surface area contributed by atoms with Crippen LogP contribution in [0.4, 0.5) is 11.4 Å². The Balaban J connectivity index is 2.47. The van der Waals surface area contributed by atoms with Gasteiger partial charge in [-0.05, 0) is 12.5 Å². The predicted octanol–water partition coefficient (Wildman–Crippen LogP) is 5.67. The summed E-state index contributed by atoms with van der Waals surface area (Å²) in [5.41, 5.74) is 0.392. The third-order valence-electron chi connectivity index (χ3n) is 3.08. The van der Waals surface area contributed by atoms with Gasteiger partial charge in [0, 0.05) is 12.6 Å². The molecule has 0 amide bonds. The number of nitrogens with zero attached hydrogens (tertiary/aromatic N) is 1. The van der Waals surface area contributed by atoms with Gasteiger partial charge in [0.1, 0.15) is 5.69 Å². The molecule has 1 N–H and O–H groups in total. The summed E-state index contributed by atoms with van der Waals surface area (Å²) >= 11 is 11.7. The maximum Gasteiger partial charge on any atom is 0.293 e. The van der Waals surface area contributed by atoms with E-state index >= 15 is 0 Å². The van der Waals surface area contributed by atoms with Crippen molar-refractivity contribution in [3.8, 4) is 0 Å². The third-order valence-corrected chi connectivity index (χ3v) is 3.80. The second-order valence-corrected chi connectivity index (χ2v) is 5.55. The molecule has 0 saturated heterocycles. The number of benzene rings is 1. The van der Waals surface area contributed by atoms with Crippen molar-refractivity contribution in [2.45, 2.75) is 45.4 Å². The molecule has 6 heteroatoms. The topological polar surface area (TPSA) is 55.2 Å². The van der Waals surface area contributed by atoms with Gasteiger partial charge in [-0.1, -0.05) is 62.2 Å². The number of anilines is 1. The largest absolute Gasteiger partial charge is 0.379 e. The molecule has 1 aromatic carbocycles. The van der Waals surface area contributed by atoms with E-state index in [1.54, 1.807) is 0 Å². The van der Waals surface area contributed by atoms with E-state index in [9.17, 15) is 10.1 Å². The third kappa shape index (κ3) is 5.55. The number of nitro groups is 1. The van der Waals surface area contributed by atoms with E-state index in [-0.39, 0.29) is 10.7 Å². The van der Waals surface area contributed by atoms with Crippen LogP contribution in [0, 0.1) is 10.1 Å². The van der Waals surface area contributed by atoms with Crippen molar-refractivity contribution < 1.29 is 4.92 Å². The number of halogens is 2. The highest BCUT2D eigenvalue weighted by atomic mass is 35.5. The van der Waals surface area contributed by atoms with Crippen molar-refractivity contribution in [3.05, 3.63) is 32.3 Å². The molecule has 1 rings (SSSR count). The van der Waals surface area contributed by atoms with Gasteiger partial charge < -0.3 is 5.32 Å². The van der Waals surface area contributed by atoms with Crippen molar-refractivity contribution >= 4 is 34.6 Å². The van der Waals surface area contributed by atoms with Gasteiger partial charge in [-0.25, -0.2) is 0 Å². The summed E-state index contributed by atoms with van der Waals surface area (Å²) in [7, 11) is 0. The Labute approximate surface area is 129 Å². The summed E-state index contributed by atoms with van der Waals surface area (Å²) < 4.78 is 0. The Morgan fingerprint density at radius 1 is 1.10 bits per heavy atom. The normalized spacial score (nSPS) is 10.6. The predicted molar refractivity (Wildman–Crippen MR) is 85.0 cm³/mol. The molecule has 0 heterocycles. The van der Waals surface area contributed by atoms with Crippen LogP contribution in [-0.4, -0.2) is 11.5 Å². The molecule has 0 spiro atoms. The van der Waals surface area contributed by atoms with Crippen LogP contribution in [0.3, 0.4) is 0 Å². The van der Waals surface area contributed by atoms with Gasteiger partial charge in [0.15, 0.2) is 0 Å². The number of rotatable bonds is 9. The average molecular weight is 319 g/mol. The van der Waals surface area contributed by atoms with Gasteiger partial charge in [0.05, 0.1) is 15.0 Å². The Bertz CT molecular complexity index is 453. The van der Waals surface area contributed by atoms with Crippen LogP contribution in [0.5, 0.6) is 0 Å². The first-order valence-electron chi connectivity index (χ1n) is 6.93. The average Bonchev–Trinajstić information content (AvgIpc) is 2.41. The van der Waals surface area contributed by atoms with Crippen LogP contribution >= 0.6 is 23.2 Å². The lowest BCUT2D eigenvalue weighted by atomic mass is 10.1. The molecule has 0 atom stereocenters.